The summed E-state index contributed by atoms with van der Waals surface area (Å²) in [6.45, 7) is 10.8. The molecule has 4 nitrogen and oxygen atoms in total. The van der Waals surface area contributed by atoms with Gasteiger partial charge in [-0.15, -0.1) is 0 Å². The van der Waals surface area contributed by atoms with Gasteiger partial charge in [-0.3, -0.25) is 0 Å². The lowest BCUT2D eigenvalue weighted by molar-refractivity contribution is 0.183. The molecule has 2 heterocycles. The van der Waals surface area contributed by atoms with Gasteiger partial charge in [-0.05, 0) is 58.3 Å². The summed E-state index contributed by atoms with van der Waals surface area (Å²) in [5.74, 6) is 1.45. The number of hydrogen-bond donors (Lipinski definition) is 1. The molecule has 0 saturated carbocycles. The van der Waals surface area contributed by atoms with E-state index < -0.39 is 0 Å². The molecule has 1 aromatic rings. The number of anilines is 1. The first-order valence-electron chi connectivity index (χ1n) is 7.80. The predicted octanol–water partition coefficient (Wildman–Crippen LogP) is 3.01. The number of rotatable bonds is 6. The lowest BCUT2D eigenvalue weighted by Crippen LogP contribution is -2.39. The number of hydrogen-bond acceptors (Lipinski definition) is 4. The van der Waals surface area contributed by atoms with E-state index in [1.807, 2.05) is 19.2 Å². The average Bonchev–Trinajstić information content (AvgIpc) is 2.49. The molecule has 112 valence electrons. The number of likely N-dealkylation sites (tertiary alicyclic amines) is 1. The lowest BCUT2D eigenvalue weighted by atomic mass is 9.90. The Morgan fingerprint density at radius 3 is 2.65 bits per heavy atom. The van der Waals surface area contributed by atoms with Crippen molar-refractivity contribution in [1.82, 2.24) is 9.88 Å². The summed E-state index contributed by atoms with van der Waals surface area (Å²) in [4.78, 5) is 6.83. The lowest BCUT2D eigenvalue weighted by Gasteiger charge is -2.34. The Morgan fingerprint density at radius 2 is 2.10 bits per heavy atom. The molecule has 0 amide bonds. The van der Waals surface area contributed by atoms with Crippen molar-refractivity contribution in [2.24, 2.45) is 5.92 Å². The zero-order chi connectivity index (χ0) is 14.4. The molecular formula is C16H27N3O. The summed E-state index contributed by atoms with van der Waals surface area (Å²) in [7, 11) is 0. The number of pyridine rings is 1. The van der Waals surface area contributed by atoms with Crippen LogP contribution in [0.25, 0.3) is 0 Å². The zero-order valence-corrected chi connectivity index (χ0v) is 12.9. The Hall–Kier alpha value is -1.29. The first kappa shape index (κ1) is 15.1. The van der Waals surface area contributed by atoms with E-state index in [0.29, 0.717) is 18.5 Å². The van der Waals surface area contributed by atoms with Crippen molar-refractivity contribution in [3.63, 3.8) is 0 Å². The quantitative estimate of drug-likeness (QED) is 0.867. The minimum Gasteiger partial charge on any atom is -0.478 e. The molecule has 1 N–H and O–H groups in total. The van der Waals surface area contributed by atoms with E-state index in [4.69, 9.17) is 4.74 Å². The van der Waals surface area contributed by atoms with Crippen molar-refractivity contribution < 1.29 is 4.74 Å². The maximum Gasteiger partial charge on any atom is 0.213 e. The summed E-state index contributed by atoms with van der Waals surface area (Å²) in [5, 5.41) is 3.58. The molecule has 1 atom stereocenters. The minimum atomic E-state index is 0.494. The van der Waals surface area contributed by atoms with Crippen molar-refractivity contribution in [3.05, 3.63) is 18.3 Å². The molecule has 1 aliphatic heterocycles. The van der Waals surface area contributed by atoms with Crippen LogP contribution in [0.1, 0.15) is 33.6 Å². The number of nitrogens with one attached hydrogen (secondary N) is 1. The third-order valence-corrected chi connectivity index (χ3v) is 4.21. The Balaban J connectivity index is 1.83. The predicted molar refractivity (Wildman–Crippen MR) is 83.3 cm³/mol. The largest absolute Gasteiger partial charge is 0.478 e. The van der Waals surface area contributed by atoms with Crippen molar-refractivity contribution in [3.8, 4) is 5.88 Å². The van der Waals surface area contributed by atoms with Gasteiger partial charge in [0, 0.05) is 12.1 Å². The van der Waals surface area contributed by atoms with Gasteiger partial charge in [0.25, 0.3) is 0 Å². The van der Waals surface area contributed by atoms with E-state index >= 15 is 0 Å². The molecule has 2 rings (SSSR count). The third kappa shape index (κ3) is 4.10. The van der Waals surface area contributed by atoms with E-state index in [1.54, 1.807) is 0 Å². The number of piperidine rings is 1. The van der Waals surface area contributed by atoms with Crippen molar-refractivity contribution in [2.75, 3.05) is 31.6 Å². The van der Waals surface area contributed by atoms with Crippen molar-refractivity contribution >= 4 is 5.69 Å². The molecule has 0 spiro atoms. The van der Waals surface area contributed by atoms with Crippen LogP contribution in [0.15, 0.2) is 18.3 Å². The monoisotopic (exact) mass is 277 g/mol. The second-order valence-corrected chi connectivity index (χ2v) is 5.52. The van der Waals surface area contributed by atoms with Gasteiger partial charge in [0.2, 0.25) is 5.88 Å². The number of ether oxygens (including phenoxy) is 1. The zero-order valence-electron chi connectivity index (χ0n) is 12.9. The van der Waals surface area contributed by atoms with Crippen LogP contribution in [0.4, 0.5) is 5.69 Å². The van der Waals surface area contributed by atoms with Crippen LogP contribution in [-0.2, 0) is 0 Å². The molecule has 1 aromatic heterocycles. The molecule has 20 heavy (non-hydrogen) atoms. The number of nitrogens with zero attached hydrogens (tertiary/aromatic N) is 2. The molecule has 0 aliphatic carbocycles. The average molecular weight is 277 g/mol. The SMILES string of the molecule is CCOc1ccc(NC(C)C2CCN(CC)CC2)cn1. The second kappa shape index (κ2) is 7.48. The second-order valence-electron chi connectivity index (χ2n) is 5.52. The van der Waals surface area contributed by atoms with Gasteiger partial charge in [0.1, 0.15) is 0 Å². The van der Waals surface area contributed by atoms with Crippen LogP contribution in [0.5, 0.6) is 5.88 Å². The maximum absolute atomic E-state index is 5.36. The fourth-order valence-electron chi connectivity index (χ4n) is 2.85. The van der Waals surface area contributed by atoms with Crippen LogP contribution < -0.4 is 10.1 Å². The summed E-state index contributed by atoms with van der Waals surface area (Å²) in [6.07, 6.45) is 4.43. The Morgan fingerprint density at radius 1 is 1.35 bits per heavy atom. The summed E-state index contributed by atoms with van der Waals surface area (Å²) >= 11 is 0. The van der Waals surface area contributed by atoms with Gasteiger partial charge in [-0.1, -0.05) is 6.92 Å². The molecule has 0 radical (unpaired) electrons. The summed E-state index contributed by atoms with van der Waals surface area (Å²) in [5.41, 5.74) is 1.08. The van der Waals surface area contributed by atoms with Crippen molar-refractivity contribution in [1.29, 1.82) is 0 Å². The molecule has 0 aromatic carbocycles. The molecule has 1 unspecified atom stereocenters. The molecule has 0 bridgehead atoms. The van der Waals surface area contributed by atoms with Crippen LogP contribution in [0.2, 0.25) is 0 Å². The van der Waals surface area contributed by atoms with Gasteiger partial charge in [-0.25, -0.2) is 4.98 Å². The molecule has 1 aliphatic rings. The minimum absolute atomic E-state index is 0.494. The molecule has 1 fully saturated rings. The van der Waals surface area contributed by atoms with Crippen LogP contribution in [0, 0.1) is 5.92 Å². The highest BCUT2D eigenvalue weighted by Crippen LogP contribution is 2.23. The summed E-state index contributed by atoms with van der Waals surface area (Å²) < 4.78 is 5.36. The van der Waals surface area contributed by atoms with Gasteiger partial charge < -0.3 is 15.0 Å². The fourth-order valence-corrected chi connectivity index (χ4v) is 2.85. The van der Waals surface area contributed by atoms with Gasteiger partial charge in [0.15, 0.2) is 0 Å². The highest BCUT2D eigenvalue weighted by molar-refractivity contribution is 5.43. The van der Waals surface area contributed by atoms with Gasteiger partial charge >= 0.3 is 0 Å². The topological polar surface area (TPSA) is 37.4 Å². The van der Waals surface area contributed by atoms with E-state index in [9.17, 15) is 0 Å². The fraction of sp³-hybridized carbons (Fsp3) is 0.688. The highest BCUT2D eigenvalue weighted by atomic mass is 16.5. The van der Waals surface area contributed by atoms with Crippen LogP contribution >= 0.6 is 0 Å². The standard InChI is InChI=1S/C16H27N3O/c1-4-19-10-8-14(9-11-19)13(3)18-15-6-7-16(17-12-15)20-5-2/h6-7,12-14,18H,4-5,8-11H2,1-3H3. The normalized spacial score (nSPS) is 18.8. The maximum atomic E-state index is 5.36. The van der Waals surface area contributed by atoms with Gasteiger partial charge in [-0.2, -0.15) is 0 Å². The van der Waals surface area contributed by atoms with Gasteiger partial charge in [0.05, 0.1) is 18.5 Å². The Labute approximate surface area is 122 Å². The van der Waals surface area contributed by atoms with Crippen LogP contribution in [0.3, 0.4) is 0 Å². The first-order chi connectivity index (χ1) is 9.72. The smallest absolute Gasteiger partial charge is 0.213 e. The number of aromatic nitrogens is 1. The molecule has 4 heteroatoms. The third-order valence-electron chi connectivity index (χ3n) is 4.21. The molecule has 1 saturated heterocycles. The summed E-state index contributed by atoms with van der Waals surface area (Å²) in [6, 6.07) is 4.47. The van der Waals surface area contributed by atoms with E-state index in [-0.39, 0.29) is 0 Å². The molecular weight excluding hydrogens is 250 g/mol. The van der Waals surface area contributed by atoms with E-state index in [1.165, 1.54) is 32.5 Å². The highest BCUT2D eigenvalue weighted by Gasteiger charge is 2.23. The Kier molecular flexibility index (Phi) is 5.65. The van der Waals surface area contributed by atoms with Crippen LogP contribution in [-0.4, -0.2) is 42.2 Å². The first-order valence-corrected chi connectivity index (χ1v) is 7.80. The Bertz CT molecular complexity index is 385. The van der Waals surface area contributed by atoms with E-state index in [0.717, 1.165) is 11.6 Å². The van der Waals surface area contributed by atoms with E-state index in [2.05, 4.69) is 35.1 Å². The van der Waals surface area contributed by atoms with Crippen molar-refractivity contribution in [2.45, 2.75) is 39.7 Å².